The summed E-state index contributed by atoms with van der Waals surface area (Å²) < 4.78 is 3.36. The minimum absolute atomic E-state index is 0.0996. The van der Waals surface area contributed by atoms with Gasteiger partial charge in [0.1, 0.15) is 11.6 Å². The Kier molecular flexibility index (Phi) is 9.17. The number of nitrogens with one attached hydrogen (secondary N) is 1. The minimum Gasteiger partial charge on any atom is -0.383 e. The van der Waals surface area contributed by atoms with E-state index in [-0.39, 0.29) is 23.0 Å². The molecule has 0 aliphatic carbocycles. The van der Waals surface area contributed by atoms with Gasteiger partial charge in [-0.05, 0) is 45.0 Å². The Morgan fingerprint density at radius 2 is 1.88 bits per heavy atom. The fraction of sp³-hybridized carbons (Fsp3) is 0.125. The van der Waals surface area contributed by atoms with Gasteiger partial charge in [-0.2, -0.15) is 5.10 Å². The van der Waals surface area contributed by atoms with E-state index >= 15 is 0 Å². The van der Waals surface area contributed by atoms with Crippen LogP contribution in [0.1, 0.15) is 45.8 Å². The van der Waals surface area contributed by atoms with Crippen molar-refractivity contribution in [2.45, 2.75) is 13.0 Å². The van der Waals surface area contributed by atoms with Gasteiger partial charge in [0, 0.05) is 30.6 Å². The fourth-order valence-electron chi connectivity index (χ4n) is 4.21. The second-order valence-corrected chi connectivity index (χ2v) is 9.15. The molecule has 0 saturated heterocycles. The van der Waals surface area contributed by atoms with Gasteiger partial charge in [-0.1, -0.05) is 48.8 Å². The molecule has 0 bridgehead atoms. The van der Waals surface area contributed by atoms with Gasteiger partial charge in [0.25, 0.3) is 5.56 Å². The molecule has 3 N–H and O–H groups in total. The third-order valence-corrected chi connectivity index (χ3v) is 6.45. The Hall–Kier alpha value is -5.66. The normalized spacial score (nSPS) is 11.0. The lowest BCUT2D eigenvalue weighted by molar-refractivity contribution is 0.112. The molecule has 5 rings (SSSR count). The Balaban J connectivity index is 0.000000262. The van der Waals surface area contributed by atoms with Crippen molar-refractivity contribution in [1.29, 1.82) is 0 Å². The summed E-state index contributed by atoms with van der Waals surface area (Å²) in [5, 5.41) is 7.83. The number of aryl methyl sites for hydroxylation is 1. The number of nitrogen functional groups attached to an aromatic ring is 1. The van der Waals surface area contributed by atoms with Crippen LogP contribution in [0, 0.1) is 11.8 Å². The molecule has 42 heavy (non-hydrogen) atoms. The molecule has 1 atom stereocenters. The highest BCUT2D eigenvalue weighted by Gasteiger charge is 2.18. The molecule has 0 aliphatic heterocycles. The molecule has 3 heterocycles. The monoisotopic (exact) mass is 558 g/mol. The molecular weight excluding hydrogens is 528 g/mol. The zero-order valence-corrected chi connectivity index (χ0v) is 23.6. The van der Waals surface area contributed by atoms with E-state index in [0.29, 0.717) is 39.8 Å². The number of carbonyl (C=O) groups excluding carboxylic acids is 1. The van der Waals surface area contributed by atoms with Crippen molar-refractivity contribution < 1.29 is 4.79 Å². The molecule has 10 nitrogen and oxygen atoms in total. The smallest absolute Gasteiger partial charge is 0.267 e. The molecule has 0 amide bonds. The van der Waals surface area contributed by atoms with Gasteiger partial charge in [-0.3, -0.25) is 23.8 Å². The van der Waals surface area contributed by atoms with Crippen molar-refractivity contribution in [1.82, 2.24) is 29.6 Å². The minimum atomic E-state index is -0.130. The SMILES string of the molecule is C=Cc1cnc(N)c(C=O)c1N=C.CNC(C)c1nc2cccc(C#Cc3cnn(C)c3)c2c(=O)n1-c1ccccc1. The average molecular weight is 559 g/mol. The second-order valence-electron chi connectivity index (χ2n) is 9.15. The molecule has 0 saturated carbocycles. The van der Waals surface area contributed by atoms with E-state index in [1.54, 1.807) is 21.5 Å². The maximum Gasteiger partial charge on any atom is 0.267 e. The van der Waals surface area contributed by atoms with Crippen molar-refractivity contribution in [3.63, 3.8) is 0 Å². The number of aromatic nitrogens is 5. The van der Waals surface area contributed by atoms with Gasteiger partial charge >= 0.3 is 0 Å². The lowest BCUT2D eigenvalue weighted by atomic mass is 10.1. The van der Waals surface area contributed by atoms with Gasteiger partial charge in [0.05, 0.1) is 45.6 Å². The lowest BCUT2D eigenvalue weighted by Gasteiger charge is -2.18. The Morgan fingerprint density at radius 3 is 2.50 bits per heavy atom. The van der Waals surface area contributed by atoms with Crippen LogP contribution in [0.2, 0.25) is 0 Å². The van der Waals surface area contributed by atoms with Crippen LogP contribution in [0.15, 0.2) is 83.5 Å². The van der Waals surface area contributed by atoms with Crippen LogP contribution in [-0.4, -0.2) is 44.4 Å². The second kappa shape index (κ2) is 13.1. The van der Waals surface area contributed by atoms with Crippen molar-refractivity contribution in [2.75, 3.05) is 12.8 Å². The van der Waals surface area contributed by atoms with Crippen LogP contribution < -0.4 is 16.6 Å². The summed E-state index contributed by atoms with van der Waals surface area (Å²) in [6.07, 6.45) is 7.19. The third-order valence-electron chi connectivity index (χ3n) is 6.45. The van der Waals surface area contributed by atoms with Crippen LogP contribution in [-0.2, 0) is 7.05 Å². The predicted octanol–water partition coefficient (Wildman–Crippen LogP) is 4.25. The highest BCUT2D eigenvalue weighted by Crippen LogP contribution is 2.26. The number of aliphatic imine (C=N–C) groups is 1. The Bertz CT molecular complexity index is 1900. The van der Waals surface area contributed by atoms with E-state index in [4.69, 9.17) is 10.7 Å². The zero-order chi connectivity index (χ0) is 30.2. The largest absolute Gasteiger partial charge is 0.383 e. The number of anilines is 1. The molecule has 10 heteroatoms. The van der Waals surface area contributed by atoms with Crippen molar-refractivity contribution >= 4 is 41.5 Å². The summed E-state index contributed by atoms with van der Waals surface area (Å²) in [4.78, 5) is 36.6. The molecular formula is C32H30N8O2. The van der Waals surface area contributed by atoms with E-state index in [1.807, 2.05) is 75.7 Å². The summed E-state index contributed by atoms with van der Waals surface area (Å²) in [6.45, 7) is 8.89. The molecule has 2 aromatic carbocycles. The summed E-state index contributed by atoms with van der Waals surface area (Å²) in [6, 6.07) is 15.0. The van der Waals surface area contributed by atoms with E-state index < -0.39 is 0 Å². The van der Waals surface area contributed by atoms with E-state index in [9.17, 15) is 9.59 Å². The van der Waals surface area contributed by atoms with E-state index in [0.717, 1.165) is 11.3 Å². The number of benzene rings is 2. The van der Waals surface area contributed by atoms with Crippen LogP contribution >= 0.6 is 0 Å². The maximum atomic E-state index is 13.6. The first-order valence-corrected chi connectivity index (χ1v) is 12.9. The summed E-state index contributed by atoms with van der Waals surface area (Å²) in [5.74, 6) is 7.03. The van der Waals surface area contributed by atoms with Gasteiger partial charge in [0.15, 0.2) is 6.29 Å². The predicted molar refractivity (Wildman–Crippen MR) is 167 cm³/mol. The number of fused-ring (bicyclic) bond motifs is 1. The highest BCUT2D eigenvalue weighted by molar-refractivity contribution is 5.92. The Morgan fingerprint density at radius 1 is 1.12 bits per heavy atom. The number of nitrogens with two attached hydrogens (primary N) is 1. The van der Waals surface area contributed by atoms with Gasteiger partial charge in [0.2, 0.25) is 0 Å². The third kappa shape index (κ3) is 6.06. The van der Waals surface area contributed by atoms with E-state index in [1.165, 1.54) is 6.20 Å². The van der Waals surface area contributed by atoms with Crippen molar-refractivity contribution in [3.05, 3.63) is 112 Å². The van der Waals surface area contributed by atoms with E-state index in [2.05, 4.69) is 45.5 Å². The average Bonchev–Trinajstić information content (AvgIpc) is 3.44. The van der Waals surface area contributed by atoms with Gasteiger partial charge in [-0.25, -0.2) is 9.97 Å². The fourth-order valence-corrected chi connectivity index (χ4v) is 4.21. The van der Waals surface area contributed by atoms with Crippen LogP contribution in [0.3, 0.4) is 0 Å². The molecule has 210 valence electrons. The quantitative estimate of drug-likeness (QED) is 0.181. The molecule has 1 unspecified atom stereocenters. The number of hydrogen-bond donors (Lipinski definition) is 2. The van der Waals surface area contributed by atoms with Crippen molar-refractivity contribution in [3.8, 4) is 17.5 Å². The van der Waals surface area contributed by atoms with Crippen LogP contribution in [0.4, 0.5) is 11.5 Å². The number of pyridine rings is 1. The molecule has 5 aromatic rings. The molecule has 0 radical (unpaired) electrons. The number of rotatable bonds is 6. The first-order valence-electron chi connectivity index (χ1n) is 12.9. The number of hydrogen-bond acceptors (Lipinski definition) is 8. The first kappa shape index (κ1) is 29.3. The maximum absolute atomic E-state index is 13.6. The first-order chi connectivity index (χ1) is 20.3. The lowest BCUT2D eigenvalue weighted by Crippen LogP contribution is -2.29. The number of para-hydroxylation sites is 1. The zero-order valence-electron chi connectivity index (χ0n) is 23.6. The van der Waals surface area contributed by atoms with Crippen LogP contribution in [0.5, 0.6) is 0 Å². The van der Waals surface area contributed by atoms with Gasteiger partial charge < -0.3 is 11.1 Å². The molecule has 0 spiro atoms. The number of aldehydes is 1. The number of carbonyl (C=O) groups is 1. The summed E-state index contributed by atoms with van der Waals surface area (Å²) in [5.41, 5.74) is 9.52. The molecule has 0 fully saturated rings. The molecule has 0 aliphatic rings. The standard InChI is InChI=1S/C23H21N5O.C9H9N3O/c1-16(24-2)22-26-20-11-7-8-18(13-12-17-14-25-27(3)15-17)21(20)23(29)28(22)19-9-5-4-6-10-19;1-3-6-4-12-9(10)7(5-13)8(6)11-2/h4-11,14-16,24H,1-3H3;3-5H,1-2H2,(H2,10,12). The summed E-state index contributed by atoms with van der Waals surface area (Å²) in [7, 11) is 3.70. The molecule has 3 aromatic heterocycles. The summed E-state index contributed by atoms with van der Waals surface area (Å²) >= 11 is 0. The highest BCUT2D eigenvalue weighted by atomic mass is 16.1. The Labute approximate surface area is 243 Å². The van der Waals surface area contributed by atoms with Crippen LogP contribution in [0.25, 0.3) is 22.7 Å². The van der Waals surface area contributed by atoms with Crippen molar-refractivity contribution in [2.24, 2.45) is 12.0 Å². The van der Waals surface area contributed by atoms with Gasteiger partial charge in [-0.15, -0.1) is 0 Å². The topological polar surface area (TPSA) is 133 Å². The number of nitrogens with zero attached hydrogens (tertiary/aromatic N) is 6.